The average molecular weight is 409 g/mol. The van der Waals surface area contributed by atoms with Crippen molar-refractivity contribution in [1.82, 2.24) is 0 Å². The maximum Gasteiger partial charge on any atom is 0.0648 e. The molecule has 142 valence electrons. The van der Waals surface area contributed by atoms with Gasteiger partial charge >= 0.3 is 0 Å². The van der Waals surface area contributed by atoms with Gasteiger partial charge in [-0.15, -0.1) is 0 Å². The van der Waals surface area contributed by atoms with Gasteiger partial charge in [-0.05, 0) is 61.2 Å². The van der Waals surface area contributed by atoms with E-state index >= 15 is 0 Å². The van der Waals surface area contributed by atoms with E-state index in [1.807, 2.05) is 54.6 Å². The summed E-state index contributed by atoms with van der Waals surface area (Å²) < 4.78 is 0. The van der Waals surface area contributed by atoms with Crippen molar-refractivity contribution < 1.29 is 0 Å². The van der Waals surface area contributed by atoms with Gasteiger partial charge in [-0.2, -0.15) is 0 Å². The lowest BCUT2D eigenvalue weighted by molar-refractivity contribution is 1.04. The van der Waals surface area contributed by atoms with Crippen LogP contribution in [-0.2, 0) is 6.42 Å². The van der Waals surface area contributed by atoms with Crippen molar-refractivity contribution in [3.05, 3.63) is 94.5 Å². The Hall–Kier alpha value is -2.42. The molecule has 0 N–H and O–H groups in total. The maximum absolute atomic E-state index is 6.15. The smallest absolute Gasteiger partial charge is 0.0648 e. The molecule has 0 aliphatic rings. The number of halogens is 2. The summed E-state index contributed by atoms with van der Waals surface area (Å²) in [5, 5.41) is 1.35. The van der Waals surface area contributed by atoms with Gasteiger partial charge in [0.15, 0.2) is 0 Å². The molecule has 2 nitrogen and oxygen atoms in total. The third kappa shape index (κ3) is 6.05. The second-order valence-corrected chi connectivity index (χ2v) is 7.29. The second kappa shape index (κ2) is 10.2. The van der Waals surface area contributed by atoms with Crippen LogP contribution < -0.4 is 0 Å². The largest absolute Gasteiger partial charge is 0.252 e. The zero-order valence-electron chi connectivity index (χ0n) is 15.8. The van der Waals surface area contributed by atoms with Crippen LogP contribution in [0.4, 0.5) is 11.4 Å². The van der Waals surface area contributed by atoms with E-state index in [0.717, 1.165) is 42.1 Å². The van der Waals surface area contributed by atoms with Crippen LogP contribution in [0, 0.1) is 0 Å². The summed E-state index contributed by atoms with van der Waals surface area (Å²) in [5.41, 5.74) is 4.87. The average Bonchev–Trinajstić information content (AvgIpc) is 2.70. The monoisotopic (exact) mass is 408 g/mol. The van der Waals surface area contributed by atoms with Crippen molar-refractivity contribution in [3.63, 3.8) is 0 Å². The fourth-order valence-corrected chi connectivity index (χ4v) is 3.29. The fourth-order valence-electron chi connectivity index (χ4n) is 2.92. The first kappa shape index (κ1) is 20.3. The number of rotatable bonds is 7. The molecule has 0 saturated carbocycles. The minimum Gasteiger partial charge on any atom is -0.252 e. The summed E-state index contributed by atoms with van der Waals surface area (Å²) in [7, 11) is 0. The predicted molar refractivity (Wildman–Crippen MR) is 122 cm³/mol. The molecule has 4 heteroatoms. The third-order valence-corrected chi connectivity index (χ3v) is 4.78. The van der Waals surface area contributed by atoms with E-state index in [2.05, 4.69) is 31.2 Å². The zero-order chi connectivity index (χ0) is 19.8. The highest BCUT2D eigenvalue weighted by Gasteiger charge is 2.10. The highest BCUT2D eigenvalue weighted by Crippen LogP contribution is 2.22. The number of hydrogen-bond donors (Lipinski definition) is 0. The Morgan fingerprint density at radius 2 is 1.29 bits per heavy atom. The maximum atomic E-state index is 6.15. The van der Waals surface area contributed by atoms with Crippen molar-refractivity contribution in [3.8, 4) is 0 Å². The van der Waals surface area contributed by atoms with Crippen molar-refractivity contribution in [2.75, 3.05) is 0 Å². The first-order valence-electron chi connectivity index (χ1n) is 9.34. The number of nitrogens with zero attached hydrogens (tertiary/aromatic N) is 2. The van der Waals surface area contributed by atoms with Crippen LogP contribution in [0.2, 0.25) is 10.0 Å². The van der Waals surface area contributed by atoms with Gasteiger partial charge in [-0.1, -0.05) is 72.6 Å². The Morgan fingerprint density at radius 3 is 1.82 bits per heavy atom. The SMILES string of the molecule is CCC(=Nc1cccc(Cl)c1)C(CCc1ccccc1)=Nc1cccc(Cl)c1. The molecule has 0 atom stereocenters. The molecule has 0 fully saturated rings. The minimum atomic E-state index is 0.675. The molecular formula is C24H22Cl2N2. The Morgan fingerprint density at radius 1 is 0.714 bits per heavy atom. The molecule has 0 aliphatic heterocycles. The highest BCUT2D eigenvalue weighted by atomic mass is 35.5. The van der Waals surface area contributed by atoms with Crippen LogP contribution in [0.15, 0.2) is 88.8 Å². The molecule has 0 aromatic heterocycles. The number of aliphatic imine (C=N–C) groups is 2. The Kier molecular flexibility index (Phi) is 7.41. The van der Waals surface area contributed by atoms with Crippen LogP contribution in [0.5, 0.6) is 0 Å². The van der Waals surface area contributed by atoms with E-state index in [4.69, 9.17) is 33.2 Å². The minimum absolute atomic E-state index is 0.675. The molecule has 0 bridgehead atoms. The van der Waals surface area contributed by atoms with Gasteiger partial charge in [0.25, 0.3) is 0 Å². The van der Waals surface area contributed by atoms with Gasteiger partial charge in [0.05, 0.1) is 22.8 Å². The molecule has 3 rings (SSSR count). The van der Waals surface area contributed by atoms with E-state index in [1.54, 1.807) is 0 Å². The summed E-state index contributed by atoms with van der Waals surface area (Å²) in [6, 6.07) is 25.6. The summed E-state index contributed by atoms with van der Waals surface area (Å²) >= 11 is 12.3. The highest BCUT2D eigenvalue weighted by molar-refractivity contribution is 6.43. The van der Waals surface area contributed by atoms with Gasteiger partial charge in [0.2, 0.25) is 0 Å². The number of benzene rings is 3. The summed E-state index contributed by atoms with van der Waals surface area (Å²) in [6.07, 6.45) is 2.47. The zero-order valence-corrected chi connectivity index (χ0v) is 17.3. The van der Waals surface area contributed by atoms with Crippen molar-refractivity contribution >= 4 is 46.0 Å². The van der Waals surface area contributed by atoms with E-state index in [9.17, 15) is 0 Å². The lowest BCUT2D eigenvalue weighted by Crippen LogP contribution is -2.14. The quantitative estimate of drug-likeness (QED) is 0.355. The lowest BCUT2D eigenvalue weighted by Gasteiger charge is -2.10. The third-order valence-electron chi connectivity index (χ3n) is 4.31. The standard InChI is InChI=1S/C24H22Cl2N2/c1-2-23(27-21-12-6-10-19(25)16-21)24(15-14-18-8-4-3-5-9-18)28-22-13-7-11-20(26)17-22/h3-13,16-17H,2,14-15H2,1H3. The molecule has 0 unspecified atom stereocenters. The molecule has 3 aromatic carbocycles. The molecule has 0 aliphatic carbocycles. The normalized spacial score (nSPS) is 12.2. The van der Waals surface area contributed by atoms with Crippen molar-refractivity contribution in [2.45, 2.75) is 26.2 Å². The molecule has 3 aromatic rings. The van der Waals surface area contributed by atoms with Gasteiger partial charge < -0.3 is 0 Å². The molecule has 0 saturated heterocycles. The molecule has 28 heavy (non-hydrogen) atoms. The lowest BCUT2D eigenvalue weighted by atomic mass is 10.0. The summed E-state index contributed by atoms with van der Waals surface area (Å²) in [5.74, 6) is 0. The van der Waals surface area contributed by atoms with Gasteiger partial charge in [0, 0.05) is 10.0 Å². The van der Waals surface area contributed by atoms with E-state index in [1.165, 1.54) is 5.56 Å². The van der Waals surface area contributed by atoms with Gasteiger partial charge in [0.1, 0.15) is 0 Å². The number of hydrogen-bond acceptors (Lipinski definition) is 2. The van der Waals surface area contributed by atoms with Crippen LogP contribution >= 0.6 is 23.2 Å². The number of aryl methyl sites for hydroxylation is 1. The van der Waals surface area contributed by atoms with Crippen LogP contribution in [0.3, 0.4) is 0 Å². The van der Waals surface area contributed by atoms with Crippen LogP contribution in [0.1, 0.15) is 25.3 Å². The fraction of sp³-hybridized carbons (Fsp3) is 0.167. The van der Waals surface area contributed by atoms with Crippen LogP contribution in [0.25, 0.3) is 0 Å². The van der Waals surface area contributed by atoms with E-state index in [0.29, 0.717) is 10.0 Å². The molecule has 0 amide bonds. The van der Waals surface area contributed by atoms with Gasteiger partial charge in [-0.25, -0.2) is 0 Å². The molecule has 0 heterocycles. The first-order valence-corrected chi connectivity index (χ1v) is 10.1. The van der Waals surface area contributed by atoms with Crippen LogP contribution in [-0.4, -0.2) is 11.4 Å². The molecule has 0 radical (unpaired) electrons. The van der Waals surface area contributed by atoms with E-state index in [-0.39, 0.29) is 0 Å². The van der Waals surface area contributed by atoms with Gasteiger partial charge in [-0.3, -0.25) is 9.98 Å². The van der Waals surface area contributed by atoms with Crippen molar-refractivity contribution in [2.24, 2.45) is 9.98 Å². The Labute approximate surface area is 176 Å². The van der Waals surface area contributed by atoms with E-state index < -0.39 is 0 Å². The topological polar surface area (TPSA) is 24.7 Å². The first-order chi connectivity index (χ1) is 13.6. The summed E-state index contributed by atoms with van der Waals surface area (Å²) in [4.78, 5) is 9.73. The Balaban J connectivity index is 1.95. The second-order valence-electron chi connectivity index (χ2n) is 6.42. The summed E-state index contributed by atoms with van der Waals surface area (Å²) in [6.45, 7) is 2.10. The molecular weight excluding hydrogens is 387 g/mol. The predicted octanol–water partition coefficient (Wildman–Crippen LogP) is 7.88. The Bertz CT molecular complexity index is 979. The molecule has 0 spiro atoms. The van der Waals surface area contributed by atoms with Crippen molar-refractivity contribution in [1.29, 1.82) is 0 Å².